The van der Waals surface area contributed by atoms with Crippen LogP contribution in [0, 0.1) is 13.8 Å². The van der Waals surface area contributed by atoms with Gasteiger partial charge in [0.2, 0.25) is 10.0 Å². The fourth-order valence-electron chi connectivity index (χ4n) is 2.08. The summed E-state index contributed by atoms with van der Waals surface area (Å²) in [5.41, 5.74) is 8.46. The largest absolute Gasteiger partial charge is 0.383 e. The molecule has 8 heteroatoms. The van der Waals surface area contributed by atoms with Crippen LogP contribution in [0.25, 0.3) is 11.0 Å². The summed E-state index contributed by atoms with van der Waals surface area (Å²) in [6.07, 6.45) is 1.39. The smallest absolute Gasteiger partial charge is 0.213 e. The normalized spacial score (nSPS) is 12.2. The Labute approximate surface area is 111 Å². The second kappa shape index (κ2) is 4.78. The van der Waals surface area contributed by atoms with Gasteiger partial charge in [-0.3, -0.25) is 0 Å². The minimum absolute atomic E-state index is 0.00251. The van der Waals surface area contributed by atoms with E-state index in [1.807, 2.05) is 18.4 Å². The number of nitrogens with one attached hydrogen (secondary N) is 1. The Hall–Kier alpha value is -1.67. The van der Waals surface area contributed by atoms with Crippen LogP contribution in [0.2, 0.25) is 0 Å². The molecule has 19 heavy (non-hydrogen) atoms. The van der Waals surface area contributed by atoms with Gasteiger partial charge in [0.15, 0.2) is 0 Å². The SMILES string of the molecule is CNS(=O)(=O)CCn1c(C)c(C)c2c(N)ncnc21. The average Bonchev–Trinajstić information content (AvgIpc) is 2.61. The van der Waals surface area contributed by atoms with Gasteiger partial charge in [0.05, 0.1) is 11.1 Å². The Morgan fingerprint density at radius 3 is 2.68 bits per heavy atom. The number of hydrogen-bond acceptors (Lipinski definition) is 5. The van der Waals surface area contributed by atoms with Gasteiger partial charge in [-0.25, -0.2) is 23.1 Å². The third-order valence-corrected chi connectivity index (χ3v) is 4.67. The number of nitrogens with two attached hydrogens (primary N) is 1. The zero-order valence-corrected chi connectivity index (χ0v) is 12.0. The maximum absolute atomic E-state index is 11.5. The molecule has 0 unspecified atom stereocenters. The molecule has 3 N–H and O–H groups in total. The van der Waals surface area contributed by atoms with Gasteiger partial charge in [-0.15, -0.1) is 0 Å². The summed E-state index contributed by atoms with van der Waals surface area (Å²) in [4.78, 5) is 8.18. The van der Waals surface area contributed by atoms with Gasteiger partial charge < -0.3 is 10.3 Å². The Balaban J connectivity index is 2.50. The van der Waals surface area contributed by atoms with Gasteiger partial charge in [0.1, 0.15) is 17.8 Å². The third kappa shape index (κ3) is 2.41. The maximum Gasteiger partial charge on any atom is 0.213 e. The lowest BCUT2D eigenvalue weighted by atomic mass is 10.2. The standard InChI is InChI=1S/C11H17N5O2S/c1-7-8(2)16(4-5-19(17,18)13-3)11-9(7)10(12)14-6-15-11/h6,13H,4-5H2,1-3H3,(H2,12,14,15). The summed E-state index contributed by atoms with van der Waals surface area (Å²) in [5, 5.41) is 0.793. The molecule has 2 aromatic heterocycles. The molecule has 104 valence electrons. The van der Waals surface area contributed by atoms with Crippen molar-refractivity contribution in [1.29, 1.82) is 0 Å². The molecule has 7 nitrogen and oxygen atoms in total. The number of aromatic nitrogens is 3. The molecule has 2 rings (SSSR count). The molecule has 0 amide bonds. The fraction of sp³-hybridized carbons (Fsp3) is 0.455. The molecule has 0 aliphatic carbocycles. The van der Waals surface area contributed by atoms with Crippen molar-refractivity contribution in [3.05, 3.63) is 17.6 Å². The number of anilines is 1. The molecule has 0 aliphatic rings. The van der Waals surface area contributed by atoms with Crippen molar-refractivity contribution in [1.82, 2.24) is 19.3 Å². The minimum atomic E-state index is -3.25. The summed E-state index contributed by atoms with van der Waals surface area (Å²) >= 11 is 0. The number of rotatable bonds is 4. The molecule has 0 radical (unpaired) electrons. The Kier molecular flexibility index (Phi) is 3.46. The topological polar surface area (TPSA) is 103 Å². The van der Waals surface area contributed by atoms with Crippen molar-refractivity contribution >= 4 is 26.9 Å². The first-order valence-electron chi connectivity index (χ1n) is 5.84. The molecule has 2 aromatic rings. The van der Waals surface area contributed by atoms with Crippen LogP contribution in [-0.2, 0) is 16.6 Å². The van der Waals surface area contributed by atoms with Crippen LogP contribution < -0.4 is 10.5 Å². The van der Waals surface area contributed by atoms with Crippen molar-refractivity contribution < 1.29 is 8.42 Å². The Morgan fingerprint density at radius 2 is 2.05 bits per heavy atom. The van der Waals surface area contributed by atoms with Crippen LogP contribution in [0.3, 0.4) is 0 Å². The van der Waals surface area contributed by atoms with Crippen LogP contribution in [0.15, 0.2) is 6.33 Å². The van der Waals surface area contributed by atoms with Crippen molar-refractivity contribution in [3.8, 4) is 0 Å². The molecule has 0 spiro atoms. The van der Waals surface area contributed by atoms with Gasteiger partial charge in [-0.1, -0.05) is 0 Å². The van der Waals surface area contributed by atoms with Gasteiger partial charge in [-0.2, -0.15) is 0 Å². The second-order valence-corrected chi connectivity index (χ2v) is 6.39. The number of hydrogen-bond donors (Lipinski definition) is 2. The summed E-state index contributed by atoms with van der Waals surface area (Å²) in [6.45, 7) is 4.18. The molecule has 0 saturated carbocycles. The van der Waals surface area contributed by atoms with E-state index in [4.69, 9.17) is 5.73 Å². The lowest BCUT2D eigenvalue weighted by Crippen LogP contribution is -2.25. The first-order chi connectivity index (χ1) is 8.87. The van der Waals surface area contributed by atoms with Crippen LogP contribution >= 0.6 is 0 Å². The molecule has 0 bridgehead atoms. The highest BCUT2D eigenvalue weighted by Crippen LogP contribution is 2.26. The minimum Gasteiger partial charge on any atom is -0.383 e. The van der Waals surface area contributed by atoms with E-state index >= 15 is 0 Å². The fourth-order valence-corrected chi connectivity index (χ4v) is 2.71. The first kappa shape index (κ1) is 13.8. The highest BCUT2D eigenvalue weighted by atomic mass is 32.2. The average molecular weight is 283 g/mol. The van der Waals surface area contributed by atoms with Gasteiger partial charge in [-0.05, 0) is 26.5 Å². The van der Waals surface area contributed by atoms with E-state index in [0.29, 0.717) is 18.0 Å². The van der Waals surface area contributed by atoms with Crippen LogP contribution in [0.4, 0.5) is 5.82 Å². The van der Waals surface area contributed by atoms with Gasteiger partial charge in [0, 0.05) is 12.2 Å². The van der Waals surface area contributed by atoms with E-state index in [1.54, 1.807) is 0 Å². The van der Waals surface area contributed by atoms with Crippen LogP contribution in [0.5, 0.6) is 0 Å². The maximum atomic E-state index is 11.5. The zero-order chi connectivity index (χ0) is 14.2. The van der Waals surface area contributed by atoms with Crippen molar-refractivity contribution in [2.24, 2.45) is 0 Å². The molecular weight excluding hydrogens is 266 g/mol. The van der Waals surface area contributed by atoms with E-state index in [0.717, 1.165) is 16.6 Å². The molecule has 2 heterocycles. The van der Waals surface area contributed by atoms with Gasteiger partial charge in [0.25, 0.3) is 0 Å². The predicted molar refractivity (Wildman–Crippen MR) is 74.3 cm³/mol. The first-order valence-corrected chi connectivity index (χ1v) is 7.49. The van der Waals surface area contributed by atoms with Crippen LogP contribution in [0.1, 0.15) is 11.3 Å². The number of aryl methyl sites for hydroxylation is 2. The van der Waals surface area contributed by atoms with Crippen LogP contribution in [-0.4, -0.2) is 35.8 Å². The second-order valence-electron chi connectivity index (χ2n) is 4.34. The summed E-state index contributed by atoms with van der Waals surface area (Å²) in [5.74, 6) is 0.415. The zero-order valence-electron chi connectivity index (χ0n) is 11.1. The van der Waals surface area contributed by atoms with Crippen molar-refractivity contribution in [2.75, 3.05) is 18.5 Å². The monoisotopic (exact) mass is 283 g/mol. The van der Waals surface area contributed by atoms with E-state index in [-0.39, 0.29) is 5.75 Å². The number of nitrogen functional groups attached to an aromatic ring is 1. The van der Waals surface area contributed by atoms with E-state index in [9.17, 15) is 8.42 Å². The number of sulfonamides is 1. The summed E-state index contributed by atoms with van der Waals surface area (Å²) in [6, 6.07) is 0. The van der Waals surface area contributed by atoms with E-state index in [1.165, 1.54) is 13.4 Å². The number of fused-ring (bicyclic) bond motifs is 1. The molecular formula is C11H17N5O2S. The molecule has 0 saturated heterocycles. The lowest BCUT2D eigenvalue weighted by molar-refractivity contribution is 0.581. The highest BCUT2D eigenvalue weighted by molar-refractivity contribution is 7.89. The molecule has 0 aromatic carbocycles. The van der Waals surface area contributed by atoms with E-state index in [2.05, 4.69) is 14.7 Å². The molecule has 0 aliphatic heterocycles. The Bertz CT molecular complexity index is 720. The van der Waals surface area contributed by atoms with Crippen molar-refractivity contribution in [2.45, 2.75) is 20.4 Å². The predicted octanol–water partition coefficient (Wildman–Crippen LogP) is 0.180. The Morgan fingerprint density at radius 1 is 1.37 bits per heavy atom. The molecule has 0 atom stereocenters. The summed E-state index contributed by atoms with van der Waals surface area (Å²) < 4.78 is 27.2. The highest BCUT2D eigenvalue weighted by Gasteiger charge is 2.16. The van der Waals surface area contributed by atoms with Crippen molar-refractivity contribution in [3.63, 3.8) is 0 Å². The quantitative estimate of drug-likeness (QED) is 0.833. The number of nitrogens with zero attached hydrogens (tertiary/aromatic N) is 3. The molecule has 0 fully saturated rings. The summed E-state index contributed by atoms with van der Waals surface area (Å²) in [7, 11) is -1.85. The lowest BCUT2D eigenvalue weighted by Gasteiger charge is -2.08. The third-order valence-electron chi connectivity index (χ3n) is 3.33. The van der Waals surface area contributed by atoms with Gasteiger partial charge >= 0.3 is 0 Å². The van der Waals surface area contributed by atoms with E-state index < -0.39 is 10.0 Å².